The third kappa shape index (κ3) is 5.32. The molecule has 1 heterocycles. The van der Waals surface area contributed by atoms with Gasteiger partial charge in [0.05, 0.1) is 6.54 Å². The van der Waals surface area contributed by atoms with E-state index in [0.717, 1.165) is 13.1 Å². The van der Waals surface area contributed by atoms with Crippen LogP contribution in [-0.2, 0) is 0 Å². The van der Waals surface area contributed by atoms with Gasteiger partial charge in [0.15, 0.2) is 0 Å². The molecule has 1 saturated heterocycles. The van der Waals surface area contributed by atoms with E-state index in [1.807, 2.05) is 0 Å². The summed E-state index contributed by atoms with van der Waals surface area (Å²) in [5, 5.41) is 3.16. The molecule has 0 aliphatic carbocycles. The highest BCUT2D eigenvalue weighted by atomic mass is 15.3. The summed E-state index contributed by atoms with van der Waals surface area (Å²) in [6.45, 7) is 8.41. The molecule has 0 unspecified atom stereocenters. The molecule has 0 saturated carbocycles. The molecular weight excluding hydrogens is 202 g/mol. The van der Waals surface area contributed by atoms with Gasteiger partial charge in [-0.3, -0.25) is 10.4 Å². The van der Waals surface area contributed by atoms with Crippen LogP contribution >= 0.6 is 0 Å². The summed E-state index contributed by atoms with van der Waals surface area (Å²) in [6, 6.07) is 0.352. The van der Waals surface area contributed by atoms with Gasteiger partial charge in [-0.05, 0) is 39.8 Å². The molecule has 0 radical (unpaired) electrons. The first-order chi connectivity index (χ1) is 7.72. The van der Waals surface area contributed by atoms with Crippen molar-refractivity contribution >= 4 is 5.96 Å². The van der Waals surface area contributed by atoms with E-state index >= 15 is 0 Å². The molecular formula is C11H25N5. The number of hydrazine groups is 1. The summed E-state index contributed by atoms with van der Waals surface area (Å²) >= 11 is 0. The number of piperidine rings is 1. The minimum Gasteiger partial charge on any atom is -0.353 e. The Bertz CT molecular complexity index is 208. The molecule has 1 aliphatic rings. The Morgan fingerprint density at radius 1 is 1.31 bits per heavy atom. The van der Waals surface area contributed by atoms with E-state index in [1.54, 1.807) is 0 Å². The number of aliphatic imine (C=N–C) groups is 1. The highest BCUT2D eigenvalue weighted by Gasteiger charge is 2.08. The lowest BCUT2D eigenvalue weighted by Gasteiger charge is -2.25. The zero-order chi connectivity index (χ0) is 11.8. The van der Waals surface area contributed by atoms with Gasteiger partial charge in [0.25, 0.3) is 0 Å². The summed E-state index contributed by atoms with van der Waals surface area (Å²) in [6.07, 6.45) is 4.04. The largest absolute Gasteiger partial charge is 0.353 e. The van der Waals surface area contributed by atoms with Crippen LogP contribution in [0.4, 0.5) is 0 Å². The van der Waals surface area contributed by atoms with Crippen molar-refractivity contribution in [2.75, 3.05) is 26.2 Å². The van der Waals surface area contributed by atoms with Gasteiger partial charge in [-0.15, -0.1) is 0 Å². The maximum absolute atomic E-state index is 5.38. The van der Waals surface area contributed by atoms with Crippen molar-refractivity contribution in [1.29, 1.82) is 0 Å². The minimum absolute atomic E-state index is 0.352. The van der Waals surface area contributed by atoms with E-state index in [-0.39, 0.29) is 0 Å². The highest BCUT2D eigenvalue weighted by molar-refractivity contribution is 5.79. The van der Waals surface area contributed by atoms with Gasteiger partial charge in [0.1, 0.15) is 0 Å². The van der Waals surface area contributed by atoms with Crippen LogP contribution in [0.1, 0.15) is 33.1 Å². The second-order valence-corrected chi connectivity index (χ2v) is 4.58. The van der Waals surface area contributed by atoms with E-state index in [4.69, 9.17) is 5.84 Å². The Morgan fingerprint density at radius 2 is 2.00 bits per heavy atom. The van der Waals surface area contributed by atoms with Crippen molar-refractivity contribution in [2.24, 2.45) is 10.8 Å². The predicted octanol–water partition coefficient (Wildman–Crippen LogP) is 0.290. The minimum atomic E-state index is 0.352. The van der Waals surface area contributed by atoms with Crippen molar-refractivity contribution < 1.29 is 0 Å². The second-order valence-electron chi connectivity index (χ2n) is 4.58. The van der Waals surface area contributed by atoms with Crippen molar-refractivity contribution in [2.45, 2.75) is 39.2 Å². The van der Waals surface area contributed by atoms with Gasteiger partial charge in [0.2, 0.25) is 5.96 Å². The summed E-state index contributed by atoms with van der Waals surface area (Å²) in [4.78, 5) is 6.87. The van der Waals surface area contributed by atoms with Crippen molar-refractivity contribution in [3.05, 3.63) is 0 Å². The van der Waals surface area contributed by atoms with Crippen LogP contribution < -0.4 is 16.6 Å². The van der Waals surface area contributed by atoms with Gasteiger partial charge < -0.3 is 10.2 Å². The van der Waals surface area contributed by atoms with Crippen LogP contribution in [0.15, 0.2) is 4.99 Å². The molecule has 4 N–H and O–H groups in total. The van der Waals surface area contributed by atoms with E-state index in [2.05, 4.69) is 34.5 Å². The first-order valence-corrected chi connectivity index (χ1v) is 6.22. The van der Waals surface area contributed by atoms with E-state index in [9.17, 15) is 0 Å². The van der Waals surface area contributed by atoms with Crippen molar-refractivity contribution in [3.8, 4) is 0 Å². The molecule has 1 fully saturated rings. The monoisotopic (exact) mass is 227 g/mol. The Hall–Kier alpha value is -0.810. The van der Waals surface area contributed by atoms with Crippen LogP contribution in [0.3, 0.4) is 0 Å². The molecule has 0 atom stereocenters. The van der Waals surface area contributed by atoms with Gasteiger partial charge in [-0.25, -0.2) is 5.84 Å². The van der Waals surface area contributed by atoms with Gasteiger partial charge in [0, 0.05) is 12.6 Å². The highest BCUT2D eigenvalue weighted by Crippen LogP contribution is 2.07. The van der Waals surface area contributed by atoms with Crippen LogP contribution in [-0.4, -0.2) is 43.1 Å². The summed E-state index contributed by atoms with van der Waals surface area (Å²) in [5.74, 6) is 6.07. The maximum atomic E-state index is 5.38. The molecule has 0 bridgehead atoms. The molecule has 5 nitrogen and oxygen atoms in total. The number of hydrogen-bond donors (Lipinski definition) is 3. The third-order valence-corrected chi connectivity index (χ3v) is 2.70. The number of nitrogens with zero attached hydrogens (tertiary/aromatic N) is 2. The molecule has 0 aromatic heterocycles. The second kappa shape index (κ2) is 7.46. The molecule has 94 valence electrons. The molecule has 0 amide bonds. The van der Waals surface area contributed by atoms with Crippen molar-refractivity contribution in [3.63, 3.8) is 0 Å². The van der Waals surface area contributed by atoms with Crippen LogP contribution in [0.25, 0.3) is 0 Å². The van der Waals surface area contributed by atoms with Gasteiger partial charge in [-0.1, -0.05) is 6.42 Å². The summed E-state index contributed by atoms with van der Waals surface area (Å²) in [7, 11) is 0. The average Bonchev–Trinajstić information content (AvgIpc) is 2.28. The van der Waals surface area contributed by atoms with E-state index in [1.165, 1.54) is 32.4 Å². The fourth-order valence-corrected chi connectivity index (χ4v) is 1.89. The molecule has 1 rings (SSSR count). The number of rotatable bonds is 4. The Labute approximate surface area is 98.4 Å². The first-order valence-electron chi connectivity index (χ1n) is 6.22. The molecule has 0 aromatic rings. The van der Waals surface area contributed by atoms with Crippen LogP contribution in [0, 0.1) is 0 Å². The molecule has 16 heavy (non-hydrogen) atoms. The lowest BCUT2D eigenvalue weighted by atomic mass is 10.1. The maximum Gasteiger partial charge on any atom is 0.205 e. The lowest BCUT2D eigenvalue weighted by Crippen LogP contribution is -2.45. The number of guanidine groups is 1. The van der Waals surface area contributed by atoms with Crippen molar-refractivity contribution in [1.82, 2.24) is 15.6 Å². The van der Waals surface area contributed by atoms with Gasteiger partial charge in [-0.2, -0.15) is 0 Å². The normalized spacial score (nSPS) is 18.9. The number of hydrogen-bond acceptors (Lipinski definition) is 3. The average molecular weight is 227 g/mol. The number of nitrogens with one attached hydrogen (secondary N) is 2. The Kier molecular flexibility index (Phi) is 6.18. The Balaban J connectivity index is 2.21. The zero-order valence-corrected chi connectivity index (χ0v) is 10.5. The smallest absolute Gasteiger partial charge is 0.205 e. The SMILES string of the molecule is CC(C)NC(=NCCN1CCCCC1)NN. The predicted molar refractivity (Wildman–Crippen MR) is 68.2 cm³/mol. The van der Waals surface area contributed by atoms with Gasteiger partial charge >= 0.3 is 0 Å². The first kappa shape index (κ1) is 13.3. The topological polar surface area (TPSA) is 65.7 Å². The number of likely N-dealkylation sites (tertiary alicyclic amines) is 1. The molecule has 0 aromatic carbocycles. The summed E-state index contributed by atoms with van der Waals surface area (Å²) in [5.41, 5.74) is 2.59. The zero-order valence-electron chi connectivity index (χ0n) is 10.5. The summed E-state index contributed by atoms with van der Waals surface area (Å²) < 4.78 is 0. The molecule has 1 aliphatic heterocycles. The van der Waals surface area contributed by atoms with Crippen LogP contribution in [0.2, 0.25) is 0 Å². The van der Waals surface area contributed by atoms with E-state index < -0.39 is 0 Å². The fraction of sp³-hybridized carbons (Fsp3) is 0.909. The molecule has 5 heteroatoms. The third-order valence-electron chi connectivity index (χ3n) is 2.70. The Morgan fingerprint density at radius 3 is 2.56 bits per heavy atom. The fourth-order valence-electron chi connectivity index (χ4n) is 1.89. The number of nitrogens with two attached hydrogens (primary N) is 1. The standard InChI is InChI=1S/C11H25N5/c1-10(2)14-11(15-12)13-6-9-16-7-4-3-5-8-16/h10H,3-9,12H2,1-2H3,(H2,13,14,15). The van der Waals surface area contributed by atoms with E-state index in [0.29, 0.717) is 12.0 Å². The lowest BCUT2D eigenvalue weighted by molar-refractivity contribution is 0.235. The van der Waals surface area contributed by atoms with Crippen LogP contribution in [0.5, 0.6) is 0 Å². The quantitative estimate of drug-likeness (QED) is 0.279. The molecule has 0 spiro atoms.